The van der Waals surface area contributed by atoms with Crippen LogP contribution >= 0.6 is 0 Å². The topological polar surface area (TPSA) is 67.8 Å². The van der Waals surface area contributed by atoms with Gasteiger partial charge in [0.25, 0.3) is 0 Å². The van der Waals surface area contributed by atoms with Crippen molar-refractivity contribution in [3.8, 4) is 11.4 Å². The predicted molar refractivity (Wildman–Crippen MR) is 121 cm³/mol. The van der Waals surface area contributed by atoms with Gasteiger partial charge in [-0.2, -0.15) is 0 Å². The number of aromatic nitrogens is 3. The summed E-state index contributed by atoms with van der Waals surface area (Å²) in [6.07, 6.45) is 1.64. The van der Waals surface area contributed by atoms with Crippen LogP contribution in [0.5, 0.6) is 0 Å². The number of hydrogen-bond acceptors (Lipinski definition) is 3. The number of ketones is 2. The average Bonchev–Trinajstić information content (AvgIpc) is 3.41. The Labute approximate surface area is 177 Å². The summed E-state index contributed by atoms with van der Waals surface area (Å²) in [4.78, 5) is 33.9. The number of Topliss-reactive ketones (excluding diaryl/α,β-unsaturated/α-hetero) is 2. The average molecular weight is 403 g/mol. The summed E-state index contributed by atoms with van der Waals surface area (Å²) in [6.45, 7) is 0. The molecule has 0 fully saturated rings. The molecule has 0 saturated heterocycles. The van der Waals surface area contributed by atoms with Crippen LogP contribution in [0.1, 0.15) is 26.4 Å². The quantitative estimate of drug-likeness (QED) is 0.326. The number of allylic oxidation sites excluding steroid dienone is 1. The fraction of sp³-hybridized carbons (Fsp3) is 0.0385. The van der Waals surface area contributed by atoms with E-state index in [1.54, 1.807) is 6.08 Å². The largest absolute Gasteiger partial charge is 0.338 e. The number of benzene rings is 3. The molecule has 0 amide bonds. The van der Waals surface area contributed by atoms with E-state index in [-0.39, 0.29) is 17.1 Å². The monoisotopic (exact) mass is 403 g/mol. The third-order valence-electron chi connectivity index (χ3n) is 5.89. The van der Waals surface area contributed by atoms with Crippen molar-refractivity contribution in [1.29, 1.82) is 0 Å². The lowest BCUT2D eigenvalue weighted by Gasteiger charge is -2.01. The first-order valence-corrected chi connectivity index (χ1v) is 10.0. The molecule has 0 spiro atoms. The fourth-order valence-corrected chi connectivity index (χ4v) is 4.31. The molecule has 0 saturated carbocycles. The maximum Gasteiger partial charge on any atom is 0.197 e. The predicted octanol–water partition coefficient (Wildman–Crippen LogP) is 5.18. The minimum Gasteiger partial charge on any atom is -0.338 e. The van der Waals surface area contributed by atoms with Gasteiger partial charge in [-0.25, -0.2) is 4.98 Å². The van der Waals surface area contributed by atoms with Crippen LogP contribution < -0.4 is 0 Å². The number of hydrogen-bond donors (Lipinski definition) is 1. The first-order chi connectivity index (χ1) is 15.1. The lowest BCUT2D eigenvalue weighted by atomic mass is 10.0. The van der Waals surface area contributed by atoms with Gasteiger partial charge in [-0.05, 0) is 35.0 Å². The van der Waals surface area contributed by atoms with E-state index in [2.05, 4.69) is 4.98 Å². The lowest BCUT2D eigenvalue weighted by molar-refractivity contribution is 0.0990. The van der Waals surface area contributed by atoms with Crippen molar-refractivity contribution >= 4 is 39.6 Å². The summed E-state index contributed by atoms with van der Waals surface area (Å²) in [5, 5.41) is 1.90. The normalized spacial score (nSPS) is 13.4. The van der Waals surface area contributed by atoms with Crippen LogP contribution in [-0.4, -0.2) is 26.1 Å². The molecule has 5 nitrogen and oxygen atoms in total. The van der Waals surface area contributed by atoms with Gasteiger partial charge in [0.05, 0.1) is 11.1 Å². The maximum atomic E-state index is 13.0. The van der Waals surface area contributed by atoms with E-state index < -0.39 is 0 Å². The zero-order valence-electron chi connectivity index (χ0n) is 16.7. The maximum absolute atomic E-state index is 13.0. The summed E-state index contributed by atoms with van der Waals surface area (Å²) >= 11 is 0. The summed E-state index contributed by atoms with van der Waals surface area (Å²) in [6, 6.07) is 23.2. The second-order valence-electron chi connectivity index (χ2n) is 7.78. The van der Waals surface area contributed by atoms with Crippen LogP contribution in [0.2, 0.25) is 0 Å². The molecule has 1 aliphatic carbocycles. The van der Waals surface area contributed by atoms with Crippen LogP contribution in [0, 0.1) is 0 Å². The number of aromatic amines is 1. The number of rotatable bonds is 2. The van der Waals surface area contributed by atoms with E-state index in [1.807, 2.05) is 84.4 Å². The molecule has 6 rings (SSSR count). The van der Waals surface area contributed by atoms with E-state index in [9.17, 15) is 9.59 Å². The molecular formula is C26H17N3O2. The SMILES string of the molecule is Cn1c(-c2ccccc2)nc2[nH]c(C=C3C(=O)c4cc5ccccc5cc4C3=O)cc21. The standard InChI is InChI=1S/C26H17N3O2/c1-29-22-14-18(27-25(22)28-26(29)15-7-3-2-4-8-15)13-21-23(30)19-11-16-9-5-6-10-17(16)12-20(19)24(21)31/h2-14,27H,1H3. The molecule has 0 bridgehead atoms. The van der Waals surface area contributed by atoms with Gasteiger partial charge in [-0.15, -0.1) is 0 Å². The first-order valence-electron chi connectivity index (χ1n) is 10.0. The van der Waals surface area contributed by atoms with E-state index in [1.165, 1.54) is 0 Å². The third-order valence-corrected chi connectivity index (χ3v) is 5.89. The molecule has 148 valence electrons. The Kier molecular flexibility index (Phi) is 3.62. The molecule has 0 unspecified atom stereocenters. The number of aryl methyl sites for hydroxylation is 1. The lowest BCUT2D eigenvalue weighted by Crippen LogP contribution is -2.00. The molecular weight excluding hydrogens is 386 g/mol. The molecule has 2 aromatic heterocycles. The number of carbonyl (C=O) groups is 2. The second kappa shape index (κ2) is 6.37. The van der Waals surface area contributed by atoms with Crippen LogP contribution in [0.3, 0.4) is 0 Å². The molecule has 5 aromatic rings. The Morgan fingerprint density at radius 1 is 0.839 bits per heavy atom. The number of nitrogens with one attached hydrogen (secondary N) is 1. The van der Waals surface area contributed by atoms with E-state index in [4.69, 9.17) is 4.98 Å². The minimum atomic E-state index is -0.234. The Bertz CT molecular complexity index is 1510. The van der Waals surface area contributed by atoms with Gasteiger partial charge in [0.2, 0.25) is 0 Å². The summed E-state index contributed by atoms with van der Waals surface area (Å²) in [5.74, 6) is 0.387. The van der Waals surface area contributed by atoms with Crippen LogP contribution in [0.15, 0.2) is 78.4 Å². The molecule has 5 heteroatoms. The highest BCUT2D eigenvalue weighted by atomic mass is 16.2. The van der Waals surface area contributed by atoms with Crippen LogP contribution in [0.25, 0.3) is 39.4 Å². The van der Waals surface area contributed by atoms with Gasteiger partial charge in [0.15, 0.2) is 17.2 Å². The van der Waals surface area contributed by atoms with Crippen molar-refractivity contribution in [2.24, 2.45) is 7.05 Å². The Morgan fingerprint density at radius 3 is 2.06 bits per heavy atom. The van der Waals surface area contributed by atoms with Crippen molar-refractivity contribution in [3.05, 3.63) is 95.2 Å². The number of imidazole rings is 1. The molecule has 2 heterocycles. The Hall–Kier alpha value is -4.25. The number of nitrogens with zero attached hydrogens (tertiary/aromatic N) is 2. The first kappa shape index (κ1) is 17.6. The van der Waals surface area contributed by atoms with Gasteiger partial charge in [-0.3, -0.25) is 9.59 Å². The second-order valence-corrected chi connectivity index (χ2v) is 7.78. The smallest absolute Gasteiger partial charge is 0.197 e. The fourth-order valence-electron chi connectivity index (χ4n) is 4.31. The molecule has 0 aliphatic heterocycles. The number of fused-ring (bicyclic) bond motifs is 3. The van der Waals surface area contributed by atoms with Gasteiger partial charge in [-0.1, -0.05) is 54.6 Å². The Balaban J connectivity index is 1.42. The highest BCUT2D eigenvalue weighted by Crippen LogP contribution is 2.32. The zero-order valence-corrected chi connectivity index (χ0v) is 16.7. The van der Waals surface area contributed by atoms with Crippen molar-refractivity contribution in [2.45, 2.75) is 0 Å². The zero-order chi connectivity index (χ0) is 21.1. The van der Waals surface area contributed by atoms with Crippen molar-refractivity contribution in [2.75, 3.05) is 0 Å². The summed E-state index contributed by atoms with van der Waals surface area (Å²) in [7, 11) is 1.95. The van der Waals surface area contributed by atoms with E-state index in [0.717, 1.165) is 27.7 Å². The molecule has 1 aliphatic rings. The molecule has 1 N–H and O–H groups in total. The van der Waals surface area contributed by atoms with Crippen molar-refractivity contribution < 1.29 is 9.59 Å². The molecule has 31 heavy (non-hydrogen) atoms. The van der Waals surface area contributed by atoms with Gasteiger partial charge in [0.1, 0.15) is 5.82 Å². The number of H-pyrrole nitrogens is 1. The minimum absolute atomic E-state index is 0.181. The Morgan fingerprint density at radius 2 is 1.45 bits per heavy atom. The van der Waals surface area contributed by atoms with Gasteiger partial charge in [0, 0.05) is 29.4 Å². The van der Waals surface area contributed by atoms with Crippen molar-refractivity contribution in [1.82, 2.24) is 14.5 Å². The molecule has 3 aromatic carbocycles. The van der Waals surface area contributed by atoms with Gasteiger partial charge < -0.3 is 9.55 Å². The third kappa shape index (κ3) is 2.60. The van der Waals surface area contributed by atoms with Gasteiger partial charge >= 0.3 is 0 Å². The summed E-state index contributed by atoms with van der Waals surface area (Å²) < 4.78 is 2.00. The summed E-state index contributed by atoms with van der Waals surface area (Å²) in [5.41, 5.74) is 4.45. The van der Waals surface area contributed by atoms with E-state index >= 15 is 0 Å². The van der Waals surface area contributed by atoms with E-state index in [0.29, 0.717) is 22.5 Å². The molecule has 0 radical (unpaired) electrons. The number of carbonyl (C=O) groups excluding carboxylic acids is 2. The highest BCUT2D eigenvalue weighted by Gasteiger charge is 2.33. The van der Waals surface area contributed by atoms with Crippen molar-refractivity contribution in [3.63, 3.8) is 0 Å². The van der Waals surface area contributed by atoms with Crippen LogP contribution in [-0.2, 0) is 7.05 Å². The van der Waals surface area contributed by atoms with Crippen LogP contribution in [0.4, 0.5) is 0 Å². The highest BCUT2D eigenvalue weighted by molar-refractivity contribution is 6.42. The molecule has 0 atom stereocenters.